The smallest absolute Gasteiger partial charge is 0.374 e. The highest BCUT2D eigenvalue weighted by Crippen LogP contribution is 2.38. The van der Waals surface area contributed by atoms with E-state index in [9.17, 15) is 38.1 Å². The molecule has 0 spiro atoms. The van der Waals surface area contributed by atoms with Gasteiger partial charge in [-0.2, -0.15) is 13.2 Å². The molecule has 2 bridgehead atoms. The van der Waals surface area contributed by atoms with Crippen LogP contribution in [0.5, 0.6) is 0 Å². The molecule has 1 aromatic carbocycles. The molecule has 4 N–H and O–H groups in total. The zero-order valence-corrected chi connectivity index (χ0v) is 22.6. The lowest BCUT2D eigenvalue weighted by Crippen LogP contribution is -2.41. The first-order chi connectivity index (χ1) is 20.4. The van der Waals surface area contributed by atoms with E-state index < -0.39 is 35.0 Å². The maximum atomic E-state index is 14.1. The van der Waals surface area contributed by atoms with Gasteiger partial charge in [0.1, 0.15) is 11.6 Å². The topological polar surface area (TPSA) is 155 Å². The first kappa shape index (κ1) is 27.8. The number of likely N-dealkylation sites (tertiary alicyclic amines) is 1. The van der Waals surface area contributed by atoms with Gasteiger partial charge in [-0.05, 0) is 31.4 Å². The van der Waals surface area contributed by atoms with Gasteiger partial charge in [0.2, 0.25) is 0 Å². The third kappa shape index (κ3) is 4.63. The molecule has 7 rings (SSSR count). The number of aliphatic hydroxyl groups is 3. The summed E-state index contributed by atoms with van der Waals surface area (Å²) in [6.45, 7) is 0.701. The number of ether oxygens (including phenoxy) is 1. The van der Waals surface area contributed by atoms with Crippen LogP contribution in [0.25, 0.3) is 21.9 Å². The molecule has 2 aliphatic heterocycles. The number of pyridine rings is 2. The van der Waals surface area contributed by atoms with E-state index in [4.69, 9.17) is 4.74 Å². The summed E-state index contributed by atoms with van der Waals surface area (Å²) >= 11 is 0. The lowest BCUT2D eigenvalue weighted by atomic mass is 10.0. The first-order valence-electron chi connectivity index (χ1n) is 13.9. The molecule has 1 saturated carbocycles. The van der Waals surface area contributed by atoms with Gasteiger partial charge in [-0.1, -0.05) is 25.0 Å². The number of alkyl halides is 3. The number of rotatable bonds is 5. The van der Waals surface area contributed by atoms with Crippen LogP contribution < -0.4 is 11.0 Å². The summed E-state index contributed by atoms with van der Waals surface area (Å²) in [5.74, 6) is -0.458. The highest BCUT2D eigenvalue weighted by atomic mass is 19.4. The number of para-hydroxylation sites is 1. The van der Waals surface area contributed by atoms with E-state index in [0.29, 0.717) is 37.0 Å². The summed E-state index contributed by atoms with van der Waals surface area (Å²) in [6, 6.07) is 5.92. The number of fused-ring (bicyclic) bond motifs is 4. The fourth-order valence-corrected chi connectivity index (χ4v) is 6.64. The van der Waals surface area contributed by atoms with Crippen LogP contribution in [-0.2, 0) is 17.0 Å². The molecule has 1 amide bonds. The molecule has 12 nitrogen and oxygen atoms in total. The van der Waals surface area contributed by atoms with Crippen molar-refractivity contribution >= 4 is 39.5 Å². The Balaban J connectivity index is 1.36. The largest absolute Gasteiger partial charge is 0.418 e. The van der Waals surface area contributed by atoms with Crippen LogP contribution in [0.1, 0.15) is 54.1 Å². The molecule has 3 aliphatic rings. The number of hydrogen-bond donors (Lipinski definition) is 4. The van der Waals surface area contributed by atoms with E-state index >= 15 is 0 Å². The number of nitrogens with one attached hydrogen (secondary N) is 1. The van der Waals surface area contributed by atoms with Crippen molar-refractivity contribution in [1.29, 1.82) is 0 Å². The van der Waals surface area contributed by atoms with Crippen molar-refractivity contribution in [1.82, 2.24) is 24.0 Å². The summed E-state index contributed by atoms with van der Waals surface area (Å²) in [7, 11) is 0. The number of hydrogen-bond acceptors (Lipinski definition) is 9. The first-order valence-corrected chi connectivity index (χ1v) is 13.9. The molecule has 226 valence electrons. The Labute approximate surface area is 240 Å². The normalized spacial score (nSPS) is 21.0. The maximum Gasteiger partial charge on any atom is 0.418 e. The molecule has 2 saturated heterocycles. The lowest BCUT2D eigenvalue weighted by Gasteiger charge is -2.27. The van der Waals surface area contributed by atoms with Crippen LogP contribution in [0.4, 0.5) is 24.8 Å². The molecule has 2 unspecified atom stereocenters. The van der Waals surface area contributed by atoms with Crippen molar-refractivity contribution in [3.8, 4) is 0 Å². The van der Waals surface area contributed by atoms with Crippen molar-refractivity contribution in [2.45, 2.75) is 62.6 Å². The number of anilines is 2. The monoisotopic (exact) mass is 600 g/mol. The highest BCUT2D eigenvalue weighted by molar-refractivity contribution is 6.08. The Morgan fingerprint density at radius 3 is 2.47 bits per heavy atom. The molecule has 43 heavy (non-hydrogen) atoms. The van der Waals surface area contributed by atoms with Gasteiger partial charge in [0.05, 0.1) is 52.6 Å². The minimum atomic E-state index is -4.74. The molecule has 15 heteroatoms. The van der Waals surface area contributed by atoms with Crippen LogP contribution in [0.15, 0.2) is 41.3 Å². The van der Waals surface area contributed by atoms with Crippen molar-refractivity contribution in [3.63, 3.8) is 0 Å². The Morgan fingerprint density at radius 2 is 1.81 bits per heavy atom. The van der Waals surface area contributed by atoms with Gasteiger partial charge in [-0.3, -0.25) is 9.36 Å². The van der Waals surface area contributed by atoms with E-state index in [1.54, 1.807) is 4.90 Å². The van der Waals surface area contributed by atoms with Gasteiger partial charge in [-0.15, -0.1) is 0 Å². The van der Waals surface area contributed by atoms with Crippen LogP contribution in [0.3, 0.4) is 0 Å². The van der Waals surface area contributed by atoms with Gasteiger partial charge in [-0.25, -0.2) is 19.3 Å². The van der Waals surface area contributed by atoms with Crippen molar-refractivity contribution < 1.29 is 38.0 Å². The number of nitrogens with zero attached hydrogens (tertiary/aromatic N) is 5. The highest BCUT2D eigenvalue weighted by Gasteiger charge is 2.42. The molecule has 1 aliphatic carbocycles. The zero-order chi connectivity index (χ0) is 30.3. The van der Waals surface area contributed by atoms with Crippen molar-refractivity contribution in [3.05, 3.63) is 58.1 Å². The second-order valence-electron chi connectivity index (χ2n) is 11.3. The van der Waals surface area contributed by atoms with Crippen LogP contribution in [0, 0.1) is 0 Å². The fourth-order valence-electron chi connectivity index (χ4n) is 6.64. The molecule has 3 fully saturated rings. The zero-order valence-electron chi connectivity index (χ0n) is 22.6. The number of carbonyl (C=O) groups is 1. The number of halogens is 3. The summed E-state index contributed by atoms with van der Waals surface area (Å²) < 4.78 is 49.5. The average Bonchev–Trinajstić information content (AvgIpc) is 3.74. The third-order valence-corrected chi connectivity index (χ3v) is 8.54. The third-order valence-electron chi connectivity index (χ3n) is 8.54. The summed E-state index contributed by atoms with van der Waals surface area (Å²) in [6.07, 6.45) is -3.52. The average molecular weight is 601 g/mol. The number of aromatic nitrogens is 4. The predicted molar refractivity (Wildman–Crippen MR) is 145 cm³/mol. The Kier molecular flexibility index (Phi) is 6.29. The lowest BCUT2D eigenvalue weighted by molar-refractivity contribution is -0.374. The standard InChI is InChI=1S/C28H27F3N6O6/c29-27(30,31)19-7-3-6-17-18(25(38)35-12-16-8-15(35)13-43-16)9-23(34-24(17)19)33-22-10-20-21(11-32-22)37(28(40,41)42)26(39)36(20)14-4-1-2-5-14/h3,6-7,9-11,14-16,40-42H,1-2,4-5,8,12-13H2,(H,32,33,34). The number of amides is 1. The minimum absolute atomic E-state index is 0.0341. The van der Waals surface area contributed by atoms with Crippen LogP contribution >= 0.6 is 0 Å². The van der Waals surface area contributed by atoms with Crippen molar-refractivity contribution in [2.24, 2.45) is 0 Å². The van der Waals surface area contributed by atoms with Gasteiger partial charge in [0.15, 0.2) is 0 Å². The molecule has 3 aromatic heterocycles. The van der Waals surface area contributed by atoms with Gasteiger partial charge >= 0.3 is 18.0 Å². The van der Waals surface area contributed by atoms with E-state index in [1.165, 1.54) is 28.8 Å². The number of carbonyl (C=O) groups excluding carboxylic acids is 1. The molecular formula is C28H27F3N6O6. The Hall–Kier alpha value is -4.05. The minimum Gasteiger partial charge on any atom is -0.374 e. The second kappa shape index (κ2) is 9.74. The summed E-state index contributed by atoms with van der Waals surface area (Å²) in [5, 5.41) is 32.6. The van der Waals surface area contributed by atoms with E-state index in [-0.39, 0.29) is 51.8 Å². The van der Waals surface area contributed by atoms with E-state index in [0.717, 1.165) is 25.1 Å². The van der Waals surface area contributed by atoms with Crippen LogP contribution in [-0.4, -0.2) is 70.5 Å². The summed E-state index contributed by atoms with van der Waals surface area (Å²) in [5.41, 5.74) is -2.09. The Morgan fingerprint density at radius 1 is 1.05 bits per heavy atom. The second-order valence-corrected chi connectivity index (χ2v) is 11.3. The fraction of sp³-hybridized carbons (Fsp3) is 0.429. The molecule has 5 heterocycles. The number of benzene rings is 1. The van der Waals surface area contributed by atoms with Gasteiger partial charge in [0, 0.05) is 24.0 Å². The Bertz CT molecular complexity index is 1820. The van der Waals surface area contributed by atoms with Gasteiger partial charge < -0.3 is 30.3 Å². The van der Waals surface area contributed by atoms with Crippen molar-refractivity contribution in [2.75, 3.05) is 18.5 Å². The number of morpholine rings is 1. The summed E-state index contributed by atoms with van der Waals surface area (Å²) in [4.78, 5) is 37.0. The molecule has 4 aromatic rings. The SMILES string of the molecule is O=C(c1cc(Nc2cc3c(cn2)n(C(O)(O)O)c(=O)n3C2CCCC2)nc2c(C(F)(F)F)cccc12)N1CC2CC1CO2. The molecular weight excluding hydrogens is 573 g/mol. The molecule has 2 atom stereocenters. The van der Waals surface area contributed by atoms with Crippen LogP contribution in [0.2, 0.25) is 0 Å². The quantitative estimate of drug-likeness (QED) is 0.253. The van der Waals surface area contributed by atoms with Gasteiger partial charge in [0.25, 0.3) is 5.91 Å². The van der Waals surface area contributed by atoms with E-state index in [2.05, 4.69) is 15.3 Å². The number of imidazole rings is 1. The van der Waals surface area contributed by atoms with E-state index in [1.807, 2.05) is 0 Å². The maximum absolute atomic E-state index is 14.1. The molecule has 0 radical (unpaired) electrons. The predicted octanol–water partition coefficient (Wildman–Crippen LogP) is 2.78.